The molecule has 112 valence electrons. The summed E-state index contributed by atoms with van der Waals surface area (Å²) < 4.78 is 10.5. The lowest BCUT2D eigenvalue weighted by Gasteiger charge is -2.08. The summed E-state index contributed by atoms with van der Waals surface area (Å²) in [6, 6.07) is 4.84. The van der Waals surface area contributed by atoms with E-state index in [0.29, 0.717) is 23.1 Å². The minimum absolute atomic E-state index is 0.0161. The fourth-order valence-corrected chi connectivity index (χ4v) is 2.28. The molecule has 0 bridgehead atoms. The Kier molecular flexibility index (Phi) is 5.25. The number of alkyl halides is 1. The van der Waals surface area contributed by atoms with Crippen LogP contribution in [0.1, 0.15) is 13.3 Å². The standard InChI is InChI=1S/C14H13BrClNO4/c1-8(18)17-9-3-4-10-11(7-9)13(19)21-14(12(10)16)20-6-2-5-15/h3-4,7H,2,5-6H2,1H3,(H,17,18). The average molecular weight is 375 g/mol. The Bertz CT molecular complexity index is 729. The van der Waals surface area contributed by atoms with E-state index in [9.17, 15) is 9.59 Å². The Morgan fingerprint density at radius 1 is 1.43 bits per heavy atom. The number of carbonyl (C=O) groups excluding carboxylic acids is 1. The molecule has 0 aliphatic rings. The molecular weight excluding hydrogens is 362 g/mol. The third-order valence-corrected chi connectivity index (χ3v) is 3.59. The number of fused-ring (bicyclic) bond motifs is 1. The first-order valence-electron chi connectivity index (χ1n) is 6.25. The van der Waals surface area contributed by atoms with Crippen LogP contribution in [0.15, 0.2) is 27.4 Å². The first kappa shape index (κ1) is 15.9. The molecule has 0 radical (unpaired) electrons. The minimum Gasteiger partial charge on any atom is -0.464 e. The molecule has 1 aromatic heterocycles. The van der Waals surface area contributed by atoms with Crippen LogP contribution in [0.3, 0.4) is 0 Å². The number of benzene rings is 1. The monoisotopic (exact) mass is 373 g/mol. The zero-order chi connectivity index (χ0) is 15.4. The van der Waals surface area contributed by atoms with Gasteiger partial charge in [0.15, 0.2) is 0 Å². The Morgan fingerprint density at radius 2 is 2.19 bits per heavy atom. The van der Waals surface area contributed by atoms with Crippen LogP contribution in [-0.4, -0.2) is 17.8 Å². The highest BCUT2D eigenvalue weighted by Gasteiger charge is 2.14. The van der Waals surface area contributed by atoms with E-state index >= 15 is 0 Å². The maximum Gasteiger partial charge on any atom is 0.346 e. The molecule has 0 saturated heterocycles. The summed E-state index contributed by atoms with van der Waals surface area (Å²) in [5.74, 6) is -0.207. The number of hydrogen-bond acceptors (Lipinski definition) is 4. The van der Waals surface area contributed by atoms with Crippen molar-refractivity contribution >= 4 is 49.9 Å². The molecule has 7 heteroatoms. The third kappa shape index (κ3) is 3.77. The Morgan fingerprint density at radius 3 is 2.86 bits per heavy atom. The van der Waals surface area contributed by atoms with Gasteiger partial charge in [0.2, 0.25) is 5.91 Å². The van der Waals surface area contributed by atoms with Crippen molar-refractivity contribution in [3.05, 3.63) is 33.6 Å². The lowest BCUT2D eigenvalue weighted by Crippen LogP contribution is -2.08. The number of rotatable bonds is 5. The smallest absolute Gasteiger partial charge is 0.346 e. The van der Waals surface area contributed by atoms with Gasteiger partial charge in [-0.1, -0.05) is 33.6 Å². The van der Waals surface area contributed by atoms with E-state index in [0.717, 1.165) is 11.8 Å². The number of ether oxygens (including phenoxy) is 1. The van der Waals surface area contributed by atoms with E-state index < -0.39 is 5.63 Å². The molecule has 0 fully saturated rings. The summed E-state index contributed by atoms with van der Waals surface area (Å²) in [6.45, 7) is 1.78. The molecule has 2 aromatic rings. The maximum absolute atomic E-state index is 12.0. The summed E-state index contributed by atoms with van der Waals surface area (Å²) in [4.78, 5) is 23.0. The van der Waals surface area contributed by atoms with E-state index in [1.54, 1.807) is 12.1 Å². The number of anilines is 1. The predicted molar refractivity (Wildman–Crippen MR) is 85.7 cm³/mol. The number of halogens is 2. The summed E-state index contributed by atoms with van der Waals surface area (Å²) in [7, 11) is 0. The van der Waals surface area contributed by atoms with Crippen molar-refractivity contribution in [2.45, 2.75) is 13.3 Å². The lowest BCUT2D eigenvalue weighted by molar-refractivity contribution is -0.114. The van der Waals surface area contributed by atoms with Crippen molar-refractivity contribution in [1.82, 2.24) is 0 Å². The van der Waals surface area contributed by atoms with Gasteiger partial charge in [0.1, 0.15) is 5.02 Å². The quantitative estimate of drug-likeness (QED) is 0.642. The second-order valence-electron chi connectivity index (χ2n) is 4.32. The van der Waals surface area contributed by atoms with Crippen LogP contribution in [0.5, 0.6) is 5.95 Å². The molecule has 1 amide bonds. The molecule has 21 heavy (non-hydrogen) atoms. The van der Waals surface area contributed by atoms with E-state index in [2.05, 4.69) is 21.2 Å². The predicted octanol–water partition coefficient (Wildman–Crippen LogP) is 3.57. The Labute approximate surface area is 134 Å². The van der Waals surface area contributed by atoms with Crippen molar-refractivity contribution in [1.29, 1.82) is 0 Å². The van der Waals surface area contributed by atoms with E-state index in [1.807, 2.05) is 0 Å². The third-order valence-electron chi connectivity index (χ3n) is 2.67. The van der Waals surface area contributed by atoms with Gasteiger partial charge in [0.25, 0.3) is 0 Å². The van der Waals surface area contributed by atoms with Crippen molar-refractivity contribution in [2.75, 3.05) is 17.3 Å². The van der Waals surface area contributed by atoms with Crippen LogP contribution >= 0.6 is 27.5 Å². The first-order chi connectivity index (χ1) is 10.0. The van der Waals surface area contributed by atoms with Gasteiger partial charge in [-0.2, -0.15) is 0 Å². The van der Waals surface area contributed by atoms with Crippen molar-refractivity contribution in [2.24, 2.45) is 0 Å². The Balaban J connectivity index is 2.43. The van der Waals surface area contributed by atoms with Gasteiger partial charge in [0.05, 0.1) is 12.0 Å². The van der Waals surface area contributed by atoms with Crippen LogP contribution in [0.4, 0.5) is 5.69 Å². The number of amides is 1. The molecule has 0 saturated carbocycles. The fourth-order valence-electron chi connectivity index (χ4n) is 1.79. The Hall–Kier alpha value is -1.53. The summed E-state index contributed by atoms with van der Waals surface area (Å²) in [5.41, 5.74) is -0.0539. The maximum atomic E-state index is 12.0. The fraction of sp³-hybridized carbons (Fsp3) is 0.286. The van der Waals surface area contributed by atoms with Crippen molar-refractivity contribution in [3.63, 3.8) is 0 Å². The summed E-state index contributed by atoms with van der Waals surface area (Å²) >= 11 is 9.48. The number of carbonyl (C=O) groups is 1. The molecule has 0 atom stereocenters. The molecule has 2 rings (SSSR count). The van der Waals surface area contributed by atoms with Gasteiger partial charge in [-0.15, -0.1) is 0 Å². The normalized spacial score (nSPS) is 10.6. The van der Waals surface area contributed by atoms with Gasteiger partial charge in [-0.25, -0.2) is 4.79 Å². The topological polar surface area (TPSA) is 68.5 Å². The van der Waals surface area contributed by atoms with Crippen LogP contribution in [0, 0.1) is 0 Å². The van der Waals surface area contributed by atoms with E-state index in [-0.39, 0.29) is 16.9 Å². The first-order valence-corrected chi connectivity index (χ1v) is 7.75. The zero-order valence-corrected chi connectivity index (χ0v) is 13.6. The van der Waals surface area contributed by atoms with Gasteiger partial charge < -0.3 is 14.5 Å². The molecular formula is C14H13BrClNO4. The van der Waals surface area contributed by atoms with E-state index in [4.69, 9.17) is 20.8 Å². The lowest BCUT2D eigenvalue weighted by atomic mass is 10.1. The minimum atomic E-state index is -0.560. The molecule has 0 aliphatic carbocycles. The van der Waals surface area contributed by atoms with Crippen LogP contribution in [0.25, 0.3) is 10.8 Å². The van der Waals surface area contributed by atoms with Crippen LogP contribution < -0.4 is 15.7 Å². The largest absolute Gasteiger partial charge is 0.464 e. The highest BCUT2D eigenvalue weighted by atomic mass is 79.9. The average Bonchev–Trinajstić information content (AvgIpc) is 2.44. The number of nitrogens with one attached hydrogen (secondary N) is 1. The second kappa shape index (κ2) is 6.95. The summed E-state index contributed by atoms with van der Waals surface area (Å²) in [5, 5.41) is 4.44. The van der Waals surface area contributed by atoms with E-state index in [1.165, 1.54) is 13.0 Å². The van der Waals surface area contributed by atoms with Gasteiger partial charge >= 0.3 is 11.6 Å². The molecule has 1 aromatic carbocycles. The molecule has 1 heterocycles. The molecule has 0 unspecified atom stereocenters. The highest BCUT2D eigenvalue weighted by Crippen LogP contribution is 2.31. The van der Waals surface area contributed by atoms with Crippen molar-refractivity contribution < 1.29 is 13.9 Å². The van der Waals surface area contributed by atoms with Gasteiger partial charge in [-0.05, 0) is 18.6 Å². The van der Waals surface area contributed by atoms with Gasteiger partial charge in [0, 0.05) is 23.3 Å². The molecule has 5 nitrogen and oxygen atoms in total. The SMILES string of the molecule is CC(=O)Nc1ccc2c(Cl)c(OCCCBr)oc(=O)c2c1. The van der Waals surface area contributed by atoms with Crippen LogP contribution in [0.2, 0.25) is 5.02 Å². The van der Waals surface area contributed by atoms with Crippen molar-refractivity contribution in [3.8, 4) is 5.95 Å². The summed E-state index contributed by atoms with van der Waals surface area (Å²) in [6.07, 6.45) is 0.763. The van der Waals surface area contributed by atoms with Crippen LogP contribution in [-0.2, 0) is 4.79 Å². The second-order valence-corrected chi connectivity index (χ2v) is 5.49. The number of hydrogen-bond donors (Lipinski definition) is 1. The highest BCUT2D eigenvalue weighted by molar-refractivity contribution is 9.09. The molecule has 0 aliphatic heterocycles. The molecule has 1 N–H and O–H groups in total. The molecule has 0 spiro atoms. The zero-order valence-electron chi connectivity index (χ0n) is 11.2. The van der Waals surface area contributed by atoms with Gasteiger partial charge in [-0.3, -0.25) is 4.79 Å².